The van der Waals surface area contributed by atoms with Gasteiger partial charge in [0.25, 0.3) is 0 Å². The van der Waals surface area contributed by atoms with Gasteiger partial charge in [-0.3, -0.25) is 4.79 Å². The number of likely N-dealkylation sites (N-methyl/N-ethyl adjacent to an activating group) is 1. The molecule has 0 aromatic rings. The van der Waals surface area contributed by atoms with Crippen LogP contribution >= 0.6 is 0 Å². The third kappa shape index (κ3) is 3.74. The number of carbonyl (C=O) groups excluding carboxylic acids is 1. The Morgan fingerprint density at radius 3 is 2.32 bits per heavy atom. The molecule has 1 aliphatic carbocycles. The third-order valence-corrected chi connectivity index (χ3v) is 9.67. The molecule has 0 spiro atoms. The van der Waals surface area contributed by atoms with Crippen LogP contribution in [0.5, 0.6) is 0 Å². The number of carbonyl (C=O) groups is 1. The Bertz CT molecular complexity index is 451. The quantitative estimate of drug-likeness (QED) is 0.581. The lowest BCUT2D eigenvalue weighted by molar-refractivity contribution is -0.155. The monoisotopic (exact) mass is 327 g/mol. The molecule has 0 aliphatic heterocycles. The molecule has 0 saturated heterocycles. The molecule has 0 unspecified atom stereocenters. The van der Waals surface area contributed by atoms with Gasteiger partial charge in [-0.15, -0.1) is 0 Å². The van der Waals surface area contributed by atoms with Crippen molar-refractivity contribution in [3.05, 3.63) is 11.8 Å². The Kier molecular flexibility index (Phi) is 5.56. The predicted octanol–water partition coefficient (Wildman–Crippen LogP) is 3.80. The maximum absolute atomic E-state index is 12.2. The zero-order valence-corrected chi connectivity index (χ0v) is 16.7. The molecule has 4 nitrogen and oxygen atoms in total. The minimum Gasteiger partial charge on any atom is -0.547 e. The summed E-state index contributed by atoms with van der Waals surface area (Å²) < 4.78 is 11.5. The van der Waals surface area contributed by atoms with Crippen LogP contribution in [-0.2, 0) is 14.0 Å². The highest BCUT2D eigenvalue weighted by Gasteiger charge is 2.46. The van der Waals surface area contributed by atoms with E-state index in [1.807, 2.05) is 21.0 Å². The Morgan fingerprint density at radius 1 is 1.36 bits per heavy atom. The van der Waals surface area contributed by atoms with E-state index in [0.29, 0.717) is 0 Å². The van der Waals surface area contributed by atoms with Crippen molar-refractivity contribution >= 4 is 14.3 Å². The van der Waals surface area contributed by atoms with E-state index < -0.39 is 13.7 Å². The first-order valence-electron chi connectivity index (χ1n) is 8.00. The Labute approximate surface area is 137 Å². The molecule has 5 heteroatoms. The van der Waals surface area contributed by atoms with E-state index in [2.05, 4.69) is 44.8 Å². The fourth-order valence-electron chi connectivity index (χ4n) is 2.71. The molecule has 0 bridgehead atoms. The van der Waals surface area contributed by atoms with E-state index >= 15 is 0 Å². The molecule has 22 heavy (non-hydrogen) atoms. The van der Waals surface area contributed by atoms with Crippen LogP contribution in [0.4, 0.5) is 0 Å². The van der Waals surface area contributed by atoms with E-state index in [1.54, 1.807) is 0 Å². The van der Waals surface area contributed by atoms with Crippen molar-refractivity contribution in [3.63, 3.8) is 0 Å². The van der Waals surface area contributed by atoms with E-state index in [1.165, 1.54) is 7.11 Å². The summed E-state index contributed by atoms with van der Waals surface area (Å²) in [5, 5.41) is 0.171. The maximum atomic E-state index is 12.2. The molecule has 0 aromatic carbocycles. The second-order valence-electron chi connectivity index (χ2n) is 8.31. The standard InChI is InChI=1S/C17H33NO3Si/c1-16(2,3)22(8,9)21-13-10-11-17(4,15(19)20-7)14(12-13)18(5)6/h12,14H,10-11H2,1-9H3/t14-,17+/m0/s1. The average molecular weight is 328 g/mol. The van der Waals surface area contributed by atoms with Gasteiger partial charge in [0.2, 0.25) is 8.32 Å². The summed E-state index contributed by atoms with van der Waals surface area (Å²) in [5.74, 6) is 0.889. The number of allylic oxidation sites excluding steroid dienone is 1. The lowest BCUT2D eigenvalue weighted by Gasteiger charge is -2.43. The third-order valence-electron chi connectivity index (χ3n) is 5.29. The molecular formula is C17H33NO3Si. The first-order chi connectivity index (χ1) is 9.85. The van der Waals surface area contributed by atoms with Crippen molar-refractivity contribution in [2.45, 2.75) is 64.7 Å². The lowest BCUT2D eigenvalue weighted by atomic mass is 9.74. The molecule has 0 saturated carbocycles. The van der Waals surface area contributed by atoms with Gasteiger partial charge < -0.3 is 14.1 Å². The minimum atomic E-state index is -1.84. The normalized spacial score (nSPS) is 26.6. The summed E-state index contributed by atoms with van der Waals surface area (Å²) in [4.78, 5) is 14.3. The molecule has 0 aromatic heterocycles. The topological polar surface area (TPSA) is 38.8 Å². The van der Waals surface area contributed by atoms with Crippen LogP contribution in [0.15, 0.2) is 11.8 Å². The number of hydrogen-bond acceptors (Lipinski definition) is 4. The van der Waals surface area contributed by atoms with Crippen molar-refractivity contribution in [2.75, 3.05) is 21.2 Å². The molecule has 0 radical (unpaired) electrons. The van der Waals surface area contributed by atoms with Crippen molar-refractivity contribution in [1.29, 1.82) is 0 Å². The smallest absolute Gasteiger partial charge is 0.313 e. The summed E-state index contributed by atoms with van der Waals surface area (Å²) in [7, 11) is 3.62. The van der Waals surface area contributed by atoms with Gasteiger partial charge in [0, 0.05) is 12.5 Å². The highest BCUT2D eigenvalue weighted by Crippen LogP contribution is 2.43. The summed E-state index contributed by atoms with van der Waals surface area (Å²) in [6.07, 6.45) is 3.67. The van der Waals surface area contributed by atoms with E-state index in [9.17, 15) is 4.79 Å². The molecule has 128 valence electrons. The molecular weight excluding hydrogens is 294 g/mol. The Hall–Kier alpha value is -0.813. The average Bonchev–Trinajstić information content (AvgIpc) is 2.38. The van der Waals surface area contributed by atoms with E-state index in [4.69, 9.17) is 9.16 Å². The van der Waals surface area contributed by atoms with Crippen LogP contribution in [0.25, 0.3) is 0 Å². The zero-order chi connectivity index (χ0) is 17.3. The number of rotatable bonds is 4. The van der Waals surface area contributed by atoms with E-state index in [-0.39, 0.29) is 17.0 Å². The number of methoxy groups -OCH3 is 1. The van der Waals surface area contributed by atoms with Gasteiger partial charge in [-0.2, -0.15) is 0 Å². The van der Waals surface area contributed by atoms with Gasteiger partial charge in [-0.1, -0.05) is 20.8 Å². The molecule has 0 fully saturated rings. The summed E-state index contributed by atoms with van der Waals surface area (Å²) in [5.41, 5.74) is -0.515. The highest BCUT2D eigenvalue weighted by molar-refractivity contribution is 6.74. The minimum absolute atomic E-state index is 0.00605. The van der Waals surface area contributed by atoms with Crippen molar-refractivity contribution in [1.82, 2.24) is 4.90 Å². The lowest BCUT2D eigenvalue weighted by Crippen LogP contribution is -2.50. The predicted molar refractivity (Wildman–Crippen MR) is 93.2 cm³/mol. The van der Waals surface area contributed by atoms with Crippen LogP contribution in [0.3, 0.4) is 0 Å². The molecule has 0 amide bonds. The number of esters is 1. The Balaban J connectivity index is 3.08. The van der Waals surface area contributed by atoms with Crippen LogP contribution in [0, 0.1) is 5.41 Å². The van der Waals surface area contributed by atoms with Gasteiger partial charge in [0.1, 0.15) is 0 Å². The number of ether oxygens (including phenoxy) is 1. The van der Waals surface area contributed by atoms with E-state index in [0.717, 1.165) is 18.6 Å². The van der Waals surface area contributed by atoms with Gasteiger partial charge >= 0.3 is 5.97 Å². The zero-order valence-electron chi connectivity index (χ0n) is 15.7. The largest absolute Gasteiger partial charge is 0.547 e. The van der Waals surface area contributed by atoms with Crippen LogP contribution in [0.1, 0.15) is 40.5 Å². The van der Waals surface area contributed by atoms with Gasteiger partial charge in [0.05, 0.1) is 18.3 Å². The summed E-state index contributed by atoms with van der Waals surface area (Å²) in [6, 6.07) is -0.00605. The van der Waals surface area contributed by atoms with Gasteiger partial charge in [-0.25, -0.2) is 0 Å². The SMILES string of the molecule is COC(=O)[C@]1(C)CCC(O[Si](C)(C)C(C)(C)C)=C[C@@H]1N(C)C. The first-order valence-corrected chi connectivity index (χ1v) is 10.9. The second-order valence-corrected chi connectivity index (χ2v) is 13.0. The number of nitrogens with zero attached hydrogens (tertiary/aromatic N) is 1. The van der Waals surface area contributed by atoms with Crippen LogP contribution < -0.4 is 0 Å². The van der Waals surface area contributed by atoms with Crippen molar-refractivity contribution < 1.29 is 14.0 Å². The first kappa shape index (κ1) is 19.2. The van der Waals surface area contributed by atoms with Crippen LogP contribution in [-0.4, -0.2) is 46.4 Å². The highest BCUT2D eigenvalue weighted by atomic mass is 28.4. The molecule has 2 atom stereocenters. The fraction of sp³-hybridized carbons (Fsp3) is 0.824. The van der Waals surface area contributed by atoms with Crippen molar-refractivity contribution in [2.24, 2.45) is 5.41 Å². The van der Waals surface area contributed by atoms with Crippen LogP contribution in [0.2, 0.25) is 18.1 Å². The fourth-order valence-corrected chi connectivity index (χ4v) is 3.85. The Morgan fingerprint density at radius 2 is 1.91 bits per heavy atom. The van der Waals surface area contributed by atoms with Crippen molar-refractivity contribution in [3.8, 4) is 0 Å². The maximum Gasteiger partial charge on any atom is 0.313 e. The molecule has 0 heterocycles. The molecule has 1 rings (SSSR count). The summed E-state index contributed by atoms with van der Waals surface area (Å²) >= 11 is 0. The van der Waals surface area contributed by atoms with Gasteiger partial charge in [-0.05, 0) is 51.6 Å². The number of hydrogen-bond donors (Lipinski definition) is 0. The molecule has 1 aliphatic rings. The molecule has 0 N–H and O–H groups in total. The summed E-state index contributed by atoms with van der Waals surface area (Å²) in [6.45, 7) is 13.2. The second kappa shape index (κ2) is 6.36. The van der Waals surface area contributed by atoms with Gasteiger partial charge in [0.15, 0.2) is 0 Å².